The molecule has 1 unspecified atom stereocenters. The number of pyridine rings is 2. The number of carbonyl (C=O) groups is 1. The third kappa shape index (κ3) is 5.21. The maximum atomic E-state index is 15.3. The Kier molecular flexibility index (Phi) is 7.72. The number of halogens is 1. The minimum Gasteiger partial charge on any atom is -0.392 e. The van der Waals surface area contributed by atoms with Crippen LogP contribution in [0.3, 0.4) is 0 Å². The van der Waals surface area contributed by atoms with E-state index in [9.17, 15) is 14.7 Å². The molecule has 1 amide bonds. The van der Waals surface area contributed by atoms with Gasteiger partial charge in [-0.25, -0.2) is 4.39 Å². The van der Waals surface area contributed by atoms with Gasteiger partial charge in [0.1, 0.15) is 5.82 Å². The first-order valence-corrected chi connectivity index (χ1v) is 16.3. The molecule has 1 N–H and O–H groups in total. The number of thiophene rings is 1. The predicted molar refractivity (Wildman–Crippen MR) is 171 cm³/mol. The average Bonchev–Trinajstić information content (AvgIpc) is 3.63. The van der Waals surface area contributed by atoms with Crippen molar-refractivity contribution in [3.63, 3.8) is 0 Å². The van der Waals surface area contributed by atoms with Crippen molar-refractivity contribution < 1.29 is 14.3 Å². The van der Waals surface area contributed by atoms with Crippen LogP contribution >= 0.6 is 11.3 Å². The lowest BCUT2D eigenvalue weighted by atomic mass is 9.91. The van der Waals surface area contributed by atoms with E-state index in [0.717, 1.165) is 67.7 Å². The lowest BCUT2D eigenvalue weighted by Crippen LogP contribution is -2.37. The molecule has 3 aromatic heterocycles. The molecule has 7 nitrogen and oxygen atoms in total. The summed E-state index contributed by atoms with van der Waals surface area (Å²) < 4.78 is 16.8. The van der Waals surface area contributed by atoms with Crippen molar-refractivity contribution in [2.75, 3.05) is 31.6 Å². The Morgan fingerprint density at radius 2 is 1.89 bits per heavy atom. The van der Waals surface area contributed by atoms with Gasteiger partial charge < -0.3 is 19.5 Å². The van der Waals surface area contributed by atoms with E-state index in [1.807, 2.05) is 12.3 Å². The first kappa shape index (κ1) is 29.1. The minimum atomic E-state index is -0.499. The van der Waals surface area contributed by atoms with Gasteiger partial charge >= 0.3 is 0 Å². The topological polar surface area (TPSA) is 78.7 Å². The van der Waals surface area contributed by atoms with Crippen LogP contribution < -0.4 is 10.5 Å². The van der Waals surface area contributed by atoms with Gasteiger partial charge in [0.15, 0.2) is 0 Å². The van der Waals surface area contributed by atoms with Crippen LogP contribution in [-0.4, -0.2) is 52.1 Å². The van der Waals surface area contributed by atoms with Gasteiger partial charge in [0.05, 0.1) is 17.2 Å². The highest BCUT2D eigenvalue weighted by Gasteiger charge is 2.33. The summed E-state index contributed by atoms with van der Waals surface area (Å²) in [4.78, 5) is 37.7. The SMILES string of the molecule is CN1CCC(c2ccc(Cc3cc(-c4cc(F)cc(N5CCc6c(sc7c6CCCC7)C5=O)c4CO)cn(C)c3=O)nc2)C1. The van der Waals surface area contributed by atoms with Crippen LogP contribution in [0.15, 0.2) is 47.5 Å². The molecular weight excluding hydrogens is 575 g/mol. The van der Waals surface area contributed by atoms with E-state index in [1.165, 1.54) is 32.7 Å². The number of aliphatic hydroxyl groups is 1. The Morgan fingerprint density at radius 1 is 1.05 bits per heavy atom. The van der Waals surface area contributed by atoms with Crippen molar-refractivity contribution in [2.24, 2.45) is 7.05 Å². The maximum Gasteiger partial charge on any atom is 0.268 e. The average molecular weight is 613 g/mol. The van der Waals surface area contributed by atoms with Crippen LogP contribution in [0.2, 0.25) is 0 Å². The third-order valence-corrected chi connectivity index (χ3v) is 10.9. The number of hydrogen-bond acceptors (Lipinski definition) is 6. The van der Waals surface area contributed by atoms with Crippen LogP contribution in [0.4, 0.5) is 10.1 Å². The monoisotopic (exact) mass is 612 g/mol. The summed E-state index contributed by atoms with van der Waals surface area (Å²) in [5.74, 6) is -0.154. The van der Waals surface area contributed by atoms with Crippen molar-refractivity contribution in [1.29, 1.82) is 0 Å². The highest BCUT2D eigenvalue weighted by Crippen LogP contribution is 2.41. The molecule has 1 aliphatic carbocycles. The summed E-state index contributed by atoms with van der Waals surface area (Å²) in [6.45, 7) is 2.16. The molecule has 3 aliphatic rings. The van der Waals surface area contributed by atoms with Crippen molar-refractivity contribution >= 4 is 22.9 Å². The minimum absolute atomic E-state index is 0.128. The molecule has 1 saturated heterocycles. The number of amides is 1. The van der Waals surface area contributed by atoms with Crippen LogP contribution in [0.1, 0.15) is 73.2 Å². The summed E-state index contributed by atoms with van der Waals surface area (Å²) in [5.41, 5.74) is 6.81. The van der Waals surface area contributed by atoms with Crippen molar-refractivity contribution in [3.05, 3.63) is 102 Å². The zero-order chi connectivity index (χ0) is 30.5. The number of likely N-dealkylation sites (tertiary alicyclic amines) is 1. The van der Waals surface area contributed by atoms with Crippen LogP contribution in [0, 0.1) is 5.82 Å². The smallest absolute Gasteiger partial charge is 0.268 e. The molecule has 0 bridgehead atoms. The first-order chi connectivity index (χ1) is 21.3. The molecule has 5 heterocycles. The molecule has 2 aliphatic heterocycles. The second-order valence-electron chi connectivity index (χ2n) is 12.5. The second kappa shape index (κ2) is 11.7. The van der Waals surface area contributed by atoms with Crippen LogP contribution in [0.25, 0.3) is 11.1 Å². The zero-order valence-electron chi connectivity index (χ0n) is 25.2. The van der Waals surface area contributed by atoms with E-state index in [-0.39, 0.29) is 18.1 Å². The normalized spacial score (nSPS) is 18.5. The molecule has 0 spiro atoms. The predicted octanol–water partition coefficient (Wildman–Crippen LogP) is 5.23. The Hall–Kier alpha value is -3.66. The lowest BCUT2D eigenvalue weighted by molar-refractivity contribution is 0.0984. The second-order valence-corrected chi connectivity index (χ2v) is 13.6. The number of likely N-dealkylation sites (N-methyl/N-ethyl adjacent to an activating group) is 1. The number of hydrogen-bond donors (Lipinski definition) is 1. The quantitative estimate of drug-likeness (QED) is 0.323. The van der Waals surface area contributed by atoms with Gasteiger partial charge in [0.2, 0.25) is 0 Å². The number of aromatic nitrogens is 2. The van der Waals surface area contributed by atoms with E-state index in [1.54, 1.807) is 35.5 Å². The molecule has 44 heavy (non-hydrogen) atoms. The maximum absolute atomic E-state index is 15.3. The van der Waals surface area contributed by atoms with Crippen LogP contribution in [-0.2, 0) is 39.3 Å². The molecule has 1 atom stereocenters. The highest BCUT2D eigenvalue weighted by atomic mass is 32.1. The molecule has 1 fully saturated rings. The van der Waals surface area contributed by atoms with E-state index in [4.69, 9.17) is 0 Å². The molecule has 1 aromatic carbocycles. The van der Waals surface area contributed by atoms with Gasteiger partial charge in [-0.15, -0.1) is 11.3 Å². The number of aryl methyl sites for hydroxylation is 2. The number of rotatable bonds is 6. The summed E-state index contributed by atoms with van der Waals surface area (Å²) in [6, 6.07) is 8.59. The van der Waals surface area contributed by atoms with Crippen molar-refractivity contribution in [3.8, 4) is 11.1 Å². The van der Waals surface area contributed by atoms with E-state index < -0.39 is 5.82 Å². The molecular formula is C35H37FN4O3S. The fraction of sp³-hybridized carbons (Fsp3) is 0.400. The van der Waals surface area contributed by atoms with Gasteiger partial charge in [-0.2, -0.15) is 0 Å². The van der Waals surface area contributed by atoms with Gasteiger partial charge in [0.25, 0.3) is 11.5 Å². The summed E-state index contributed by atoms with van der Waals surface area (Å²) >= 11 is 1.58. The number of nitrogens with zero attached hydrogens (tertiary/aromatic N) is 4. The molecule has 0 radical (unpaired) electrons. The first-order valence-electron chi connectivity index (χ1n) is 15.5. The Labute approximate surface area is 260 Å². The standard InChI is InChI=1S/C35H37FN4O3S/c1-38-11-9-22(18-38)21-7-8-26(37-17-21)14-23-13-24(19-39(2)34(23)42)29-15-25(36)16-31(30(29)20-41)40-12-10-28-27-5-3-4-6-32(27)44-33(28)35(40)43/h7-8,13,15-17,19,22,41H,3-6,9-12,14,18,20H2,1-2H3. The number of aliphatic hydroxyl groups excluding tert-OH is 1. The summed E-state index contributed by atoms with van der Waals surface area (Å²) in [6.07, 6.45) is 10.1. The summed E-state index contributed by atoms with van der Waals surface area (Å²) in [7, 11) is 3.81. The third-order valence-electron chi connectivity index (χ3n) is 9.60. The summed E-state index contributed by atoms with van der Waals surface area (Å²) in [5, 5.41) is 10.6. The number of benzene rings is 1. The molecule has 228 valence electrons. The van der Waals surface area contributed by atoms with E-state index in [2.05, 4.69) is 23.0 Å². The Morgan fingerprint density at radius 3 is 2.64 bits per heavy atom. The van der Waals surface area contributed by atoms with Gasteiger partial charge in [0, 0.05) is 60.6 Å². The number of carbonyl (C=O) groups excluding carboxylic acids is 1. The van der Waals surface area contributed by atoms with E-state index in [0.29, 0.717) is 46.8 Å². The lowest BCUT2D eigenvalue weighted by Gasteiger charge is -2.30. The van der Waals surface area contributed by atoms with Crippen molar-refractivity contribution in [2.45, 2.75) is 57.5 Å². The number of anilines is 1. The molecule has 7 rings (SSSR count). The highest BCUT2D eigenvalue weighted by molar-refractivity contribution is 7.14. The molecule has 9 heteroatoms. The fourth-order valence-electron chi connectivity index (χ4n) is 7.27. The van der Waals surface area contributed by atoms with Gasteiger partial charge in [-0.1, -0.05) is 6.07 Å². The van der Waals surface area contributed by atoms with Crippen molar-refractivity contribution in [1.82, 2.24) is 14.5 Å². The number of fused-ring (bicyclic) bond motifs is 3. The van der Waals surface area contributed by atoms with Crippen LogP contribution in [0.5, 0.6) is 0 Å². The Bertz CT molecular complexity index is 1810. The Balaban J connectivity index is 1.22. The largest absolute Gasteiger partial charge is 0.392 e. The van der Waals surface area contributed by atoms with Gasteiger partial charge in [-0.05, 0) is 110 Å². The molecule has 0 saturated carbocycles. The molecule has 4 aromatic rings. The fourth-order valence-corrected chi connectivity index (χ4v) is 8.66. The zero-order valence-corrected chi connectivity index (χ0v) is 26.1. The van der Waals surface area contributed by atoms with Gasteiger partial charge in [-0.3, -0.25) is 14.6 Å². The van der Waals surface area contributed by atoms with E-state index >= 15 is 4.39 Å².